The van der Waals surface area contributed by atoms with Crippen LogP contribution in [0.1, 0.15) is 31.0 Å². The highest BCUT2D eigenvalue weighted by molar-refractivity contribution is 5.29. The second kappa shape index (κ2) is 4.85. The monoisotopic (exact) mass is 234 g/mol. The van der Waals surface area contributed by atoms with E-state index in [-0.39, 0.29) is 11.9 Å². The van der Waals surface area contributed by atoms with E-state index in [1.807, 2.05) is 38.9 Å². The third-order valence-corrected chi connectivity index (χ3v) is 2.99. The number of nitrogens with zero attached hydrogens (tertiary/aromatic N) is 2. The van der Waals surface area contributed by atoms with Crippen molar-refractivity contribution >= 4 is 0 Å². The maximum Gasteiger partial charge on any atom is 0.126 e. The zero-order chi connectivity index (χ0) is 13.2. The molecule has 3 heteroatoms. The SMILES string of the molecule is Cc1cc(C(N(C)C)C(C)(C)C#N)ccc1F. The summed E-state index contributed by atoms with van der Waals surface area (Å²) in [6.07, 6.45) is 0. The summed E-state index contributed by atoms with van der Waals surface area (Å²) in [5, 5.41) is 9.25. The predicted octanol–water partition coefficient (Wildman–Crippen LogP) is 3.29. The summed E-state index contributed by atoms with van der Waals surface area (Å²) in [5.41, 5.74) is 1.07. The van der Waals surface area contributed by atoms with E-state index < -0.39 is 5.41 Å². The first-order valence-electron chi connectivity index (χ1n) is 5.63. The van der Waals surface area contributed by atoms with E-state index >= 15 is 0 Å². The Labute approximate surface area is 103 Å². The third kappa shape index (κ3) is 2.83. The molecule has 0 aliphatic heterocycles. The molecule has 0 bridgehead atoms. The molecule has 0 heterocycles. The van der Waals surface area contributed by atoms with Crippen LogP contribution in [0.4, 0.5) is 4.39 Å². The van der Waals surface area contributed by atoms with Gasteiger partial charge in [-0.05, 0) is 52.1 Å². The van der Waals surface area contributed by atoms with Gasteiger partial charge in [0.15, 0.2) is 0 Å². The van der Waals surface area contributed by atoms with Gasteiger partial charge in [0.2, 0.25) is 0 Å². The molecule has 0 aliphatic carbocycles. The van der Waals surface area contributed by atoms with Crippen LogP contribution < -0.4 is 0 Å². The molecule has 0 radical (unpaired) electrons. The van der Waals surface area contributed by atoms with Gasteiger partial charge in [0.1, 0.15) is 5.82 Å². The first-order valence-corrected chi connectivity index (χ1v) is 5.63. The molecule has 0 N–H and O–H groups in total. The second-order valence-electron chi connectivity index (χ2n) is 5.21. The van der Waals surface area contributed by atoms with Gasteiger partial charge < -0.3 is 4.90 Å². The molecule has 0 spiro atoms. The standard InChI is InChI=1S/C14H19FN2/c1-10-8-11(6-7-12(10)15)13(17(4)5)14(2,3)9-16/h6-8,13H,1-5H3. The lowest BCUT2D eigenvalue weighted by molar-refractivity contribution is 0.185. The molecule has 1 unspecified atom stereocenters. The zero-order valence-corrected chi connectivity index (χ0v) is 11.1. The Morgan fingerprint density at radius 3 is 2.35 bits per heavy atom. The summed E-state index contributed by atoms with van der Waals surface area (Å²) in [6.45, 7) is 5.54. The van der Waals surface area contributed by atoms with Gasteiger partial charge >= 0.3 is 0 Å². The van der Waals surface area contributed by atoms with Crippen LogP contribution in [0.25, 0.3) is 0 Å². The van der Waals surface area contributed by atoms with Crippen molar-refractivity contribution in [3.63, 3.8) is 0 Å². The molecule has 0 saturated heterocycles. The predicted molar refractivity (Wildman–Crippen MR) is 67.0 cm³/mol. The van der Waals surface area contributed by atoms with Crippen LogP contribution in [-0.4, -0.2) is 19.0 Å². The van der Waals surface area contributed by atoms with Gasteiger partial charge in [0.05, 0.1) is 17.5 Å². The highest BCUT2D eigenvalue weighted by Crippen LogP contribution is 2.36. The molecule has 0 fully saturated rings. The summed E-state index contributed by atoms with van der Waals surface area (Å²) in [6, 6.07) is 7.31. The Morgan fingerprint density at radius 1 is 1.35 bits per heavy atom. The number of aryl methyl sites for hydroxylation is 1. The van der Waals surface area contributed by atoms with Crippen LogP contribution in [0.15, 0.2) is 18.2 Å². The van der Waals surface area contributed by atoms with Gasteiger partial charge in [-0.3, -0.25) is 0 Å². The number of hydrogen-bond donors (Lipinski definition) is 0. The van der Waals surface area contributed by atoms with E-state index in [1.165, 1.54) is 6.07 Å². The topological polar surface area (TPSA) is 27.0 Å². The van der Waals surface area contributed by atoms with E-state index in [2.05, 4.69) is 6.07 Å². The minimum absolute atomic E-state index is 0.0493. The fourth-order valence-corrected chi connectivity index (χ4v) is 2.26. The van der Waals surface area contributed by atoms with Crippen LogP contribution in [0.2, 0.25) is 0 Å². The van der Waals surface area contributed by atoms with Crippen LogP contribution in [0, 0.1) is 29.5 Å². The van der Waals surface area contributed by atoms with Gasteiger partial charge in [0.25, 0.3) is 0 Å². The molecule has 0 amide bonds. The minimum Gasteiger partial charge on any atom is -0.301 e. The first kappa shape index (κ1) is 13.7. The second-order valence-corrected chi connectivity index (χ2v) is 5.21. The number of hydrogen-bond acceptors (Lipinski definition) is 2. The van der Waals surface area contributed by atoms with Crippen molar-refractivity contribution in [2.45, 2.75) is 26.8 Å². The maximum atomic E-state index is 13.3. The largest absolute Gasteiger partial charge is 0.301 e. The maximum absolute atomic E-state index is 13.3. The average molecular weight is 234 g/mol. The molecule has 1 aromatic carbocycles. The van der Waals surface area contributed by atoms with Crippen molar-refractivity contribution in [3.05, 3.63) is 35.1 Å². The quantitative estimate of drug-likeness (QED) is 0.802. The molecule has 92 valence electrons. The lowest BCUT2D eigenvalue weighted by Gasteiger charge is -2.34. The van der Waals surface area contributed by atoms with Crippen molar-refractivity contribution < 1.29 is 4.39 Å². The van der Waals surface area contributed by atoms with Crippen molar-refractivity contribution in [2.24, 2.45) is 5.41 Å². The smallest absolute Gasteiger partial charge is 0.126 e. The number of benzene rings is 1. The van der Waals surface area contributed by atoms with Crippen LogP contribution in [0.3, 0.4) is 0 Å². The van der Waals surface area contributed by atoms with Gasteiger partial charge in [0, 0.05) is 0 Å². The lowest BCUT2D eigenvalue weighted by Crippen LogP contribution is -2.32. The summed E-state index contributed by atoms with van der Waals surface area (Å²) in [7, 11) is 3.87. The van der Waals surface area contributed by atoms with Crippen molar-refractivity contribution in [1.29, 1.82) is 5.26 Å². The van der Waals surface area contributed by atoms with E-state index in [1.54, 1.807) is 13.0 Å². The highest BCUT2D eigenvalue weighted by Gasteiger charge is 2.32. The summed E-state index contributed by atoms with van der Waals surface area (Å²) < 4.78 is 13.3. The van der Waals surface area contributed by atoms with Gasteiger partial charge in [-0.2, -0.15) is 5.26 Å². The molecule has 0 aromatic heterocycles. The molecule has 1 rings (SSSR count). The number of nitriles is 1. The zero-order valence-electron chi connectivity index (χ0n) is 11.1. The van der Waals surface area contributed by atoms with Gasteiger partial charge in [-0.1, -0.05) is 12.1 Å². The van der Waals surface area contributed by atoms with Crippen LogP contribution in [-0.2, 0) is 0 Å². The minimum atomic E-state index is -0.520. The Kier molecular flexibility index (Phi) is 3.90. The normalized spacial score (nSPS) is 13.5. The molecule has 2 nitrogen and oxygen atoms in total. The van der Waals surface area contributed by atoms with Gasteiger partial charge in [-0.25, -0.2) is 4.39 Å². The van der Waals surface area contributed by atoms with Gasteiger partial charge in [-0.15, -0.1) is 0 Å². The molecule has 1 aromatic rings. The Hall–Kier alpha value is -1.40. The van der Waals surface area contributed by atoms with E-state index in [0.29, 0.717) is 5.56 Å². The first-order chi connectivity index (χ1) is 7.79. The van der Waals surface area contributed by atoms with Crippen LogP contribution in [0.5, 0.6) is 0 Å². The van der Waals surface area contributed by atoms with Crippen LogP contribution >= 0.6 is 0 Å². The molecule has 0 aliphatic rings. The van der Waals surface area contributed by atoms with Crippen molar-refractivity contribution in [1.82, 2.24) is 4.90 Å². The third-order valence-electron chi connectivity index (χ3n) is 2.99. The lowest BCUT2D eigenvalue weighted by atomic mass is 9.80. The molecular weight excluding hydrogens is 215 g/mol. The molecule has 0 saturated carbocycles. The van der Waals surface area contributed by atoms with Crippen molar-refractivity contribution in [2.75, 3.05) is 14.1 Å². The van der Waals surface area contributed by atoms with E-state index in [0.717, 1.165) is 5.56 Å². The summed E-state index contributed by atoms with van der Waals surface area (Å²) in [4.78, 5) is 2.00. The Bertz CT molecular complexity index is 444. The molecular formula is C14H19FN2. The van der Waals surface area contributed by atoms with Crippen molar-refractivity contribution in [3.8, 4) is 6.07 Å². The Balaban J connectivity index is 3.25. The molecule has 17 heavy (non-hydrogen) atoms. The number of halogens is 1. The fraction of sp³-hybridized carbons (Fsp3) is 0.500. The molecule has 1 atom stereocenters. The average Bonchev–Trinajstić information content (AvgIpc) is 2.22. The highest BCUT2D eigenvalue weighted by atomic mass is 19.1. The van der Waals surface area contributed by atoms with E-state index in [4.69, 9.17) is 0 Å². The number of rotatable bonds is 3. The summed E-state index contributed by atoms with van der Waals surface area (Å²) >= 11 is 0. The fourth-order valence-electron chi connectivity index (χ4n) is 2.26. The Morgan fingerprint density at radius 2 is 1.94 bits per heavy atom. The van der Waals surface area contributed by atoms with E-state index in [9.17, 15) is 9.65 Å². The summed E-state index contributed by atoms with van der Waals surface area (Å²) in [5.74, 6) is -0.207.